The molecular formula is C13H21N3OS. The van der Waals surface area contributed by atoms with Crippen LogP contribution in [0.3, 0.4) is 0 Å². The normalized spacial score (nSPS) is 18.4. The van der Waals surface area contributed by atoms with Gasteiger partial charge in [0, 0.05) is 11.4 Å². The topological polar surface area (TPSA) is 68.0 Å². The summed E-state index contributed by atoms with van der Waals surface area (Å²) in [6.07, 6.45) is 4.72. The van der Waals surface area contributed by atoms with E-state index in [0.29, 0.717) is 5.69 Å². The van der Waals surface area contributed by atoms with Crippen molar-refractivity contribution in [2.45, 2.75) is 51.6 Å². The first-order valence-corrected chi connectivity index (χ1v) is 7.50. The number of carbonyl (C=O) groups is 1. The summed E-state index contributed by atoms with van der Waals surface area (Å²) in [5.41, 5.74) is 6.25. The minimum absolute atomic E-state index is 0.0642. The largest absolute Gasteiger partial charge is 0.348 e. The van der Waals surface area contributed by atoms with E-state index in [0.717, 1.165) is 23.8 Å². The average molecular weight is 267 g/mol. The Morgan fingerprint density at radius 3 is 2.89 bits per heavy atom. The highest BCUT2D eigenvalue weighted by Gasteiger charge is 2.26. The summed E-state index contributed by atoms with van der Waals surface area (Å²) < 4.78 is 0. The van der Waals surface area contributed by atoms with Gasteiger partial charge in [-0.05, 0) is 25.7 Å². The Bertz CT molecular complexity index is 412. The maximum atomic E-state index is 12.0. The third-order valence-corrected chi connectivity index (χ3v) is 4.33. The fraction of sp³-hybridized carbons (Fsp3) is 0.692. The predicted octanol–water partition coefficient (Wildman–Crippen LogP) is 2.47. The molecule has 2 rings (SSSR count). The van der Waals surface area contributed by atoms with Crippen molar-refractivity contribution >= 4 is 17.2 Å². The lowest BCUT2D eigenvalue weighted by atomic mass is 10.1. The molecule has 1 fully saturated rings. The van der Waals surface area contributed by atoms with E-state index >= 15 is 0 Å². The van der Waals surface area contributed by atoms with Gasteiger partial charge in [-0.2, -0.15) is 0 Å². The molecule has 1 aliphatic rings. The molecular weight excluding hydrogens is 246 g/mol. The highest BCUT2D eigenvalue weighted by atomic mass is 32.1. The van der Waals surface area contributed by atoms with Crippen LogP contribution in [0.25, 0.3) is 0 Å². The average Bonchev–Trinajstić information content (AvgIpc) is 3.00. The van der Waals surface area contributed by atoms with Crippen molar-refractivity contribution in [2.24, 2.45) is 11.7 Å². The summed E-state index contributed by atoms with van der Waals surface area (Å²) in [5, 5.41) is 5.68. The molecule has 100 valence electrons. The molecule has 0 aliphatic heterocycles. The van der Waals surface area contributed by atoms with E-state index in [1.165, 1.54) is 24.2 Å². The number of nitrogens with two attached hydrogens (primary N) is 1. The lowest BCUT2D eigenvalue weighted by Gasteiger charge is -2.15. The van der Waals surface area contributed by atoms with Crippen LogP contribution < -0.4 is 11.1 Å². The summed E-state index contributed by atoms with van der Waals surface area (Å²) >= 11 is 1.45. The molecule has 1 aromatic heterocycles. The van der Waals surface area contributed by atoms with Crippen molar-refractivity contribution in [1.82, 2.24) is 10.3 Å². The molecule has 0 bridgehead atoms. The molecule has 18 heavy (non-hydrogen) atoms. The minimum Gasteiger partial charge on any atom is -0.348 e. The fourth-order valence-corrected chi connectivity index (χ4v) is 2.70. The van der Waals surface area contributed by atoms with E-state index < -0.39 is 0 Å². The lowest BCUT2D eigenvalue weighted by Crippen LogP contribution is -2.35. The van der Waals surface area contributed by atoms with Crippen LogP contribution in [0.15, 0.2) is 5.38 Å². The van der Waals surface area contributed by atoms with E-state index in [1.54, 1.807) is 5.38 Å². The van der Waals surface area contributed by atoms with Crippen molar-refractivity contribution in [3.8, 4) is 0 Å². The first-order chi connectivity index (χ1) is 8.60. The van der Waals surface area contributed by atoms with Crippen LogP contribution in [0.2, 0.25) is 0 Å². The zero-order valence-electron chi connectivity index (χ0n) is 11.0. The molecule has 4 nitrogen and oxygen atoms in total. The maximum absolute atomic E-state index is 12.0. The molecule has 1 amide bonds. The van der Waals surface area contributed by atoms with E-state index in [4.69, 9.17) is 5.73 Å². The van der Waals surface area contributed by atoms with Gasteiger partial charge in [0.1, 0.15) is 10.7 Å². The highest BCUT2D eigenvalue weighted by molar-refractivity contribution is 7.09. The Balaban J connectivity index is 1.92. The number of hydrogen-bond acceptors (Lipinski definition) is 4. The summed E-state index contributed by atoms with van der Waals surface area (Å²) in [4.78, 5) is 16.3. The first kappa shape index (κ1) is 13.5. The number of amides is 1. The van der Waals surface area contributed by atoms with Gasteiger partial charge in [-0.1, -0.05) is 19.8 Å². The Labute approximate surface area is 112 Å². The lowest BCUT2D eigenvalue weighted by molar-refractivity contribution is 0.0928. The Kier molecular flexibility index (Phi) is 4.35. The molecule has 2 atom stereocenters. The Morgan fingerprint density at radius 2 is 2.39 bits per heavy atom. The summed E-state index contributed by atoms with van der Waals surface area (Å²) in [7, 11) is 0. The Morgan fingerprint density at radius 1 is 1.67 bits per heavy atom. The van der Waals surface area contributed by atoms with Gasteiger partial charge in [-0.15, -0.1) is 11.3 Å². The van der Waals surface area contributed by atoms with Gasteiger partial charge in [0.25, 0.3) is 5.91 Å². The van der Waals surface area contributed by atoms with Crippen molar-refractivity contribution < 1.29 is 4.79 Å². The molecule has 5 heteroatoms. The molecule has 1 aliphatic carbocycles. The van der Waals surface area contributed by atoms with Gasteiger partial charge < -0.3 is 11.1 Å². The quantitative estimate of drug-likeness (QED) is 0.832. The molecule has 0 saturated heterocycles. The van der Waals surface area contributed by atoms with Crippen LogP contribution >= 0.6 is 11.3 Å². The predicted molar refractivity (Wildman–Crippen MR) is 73.6 cm³/mol. The van der Waals surface area contributed by atoms with Crippen molar-refractivity contribution in [1.29, 1.82) is 0 Å². The summed E-state index contributed by atoms with van der Waals surface area (Å²) in [5.74, 6) is 0.760. The van der Waals surface area contributed by atoms with Crippen LogP contribution in [0.4, 0.5) is 0 Å². The van der Waals surface area contributed by atoms with Crippen LogP contribution in [-0.2, 0) is 0 Å². The number of nitrogens with one attached hydrogen (secondary N) is 1. The SMILES string of the molecule is CCC(CC1CC1)NC(=O)c1csc(C(C)N)n1. The molecule has 1 heterocycles. The van der Waals surface area contributed by atoms with Gasteiger partial charge in [0.2, 0.25) is 0 Å². The molecule has 0 radical (unpaired) electrons. The number of rotatable bonds is 6. The van der Waals surface area contributed by atoms with E-state index in [1.807, 2.05) is 6.92 Å². The smallest absolute Gasteiger partial charge is 0.270 e. The monoisotopic (exact) mass is 267 g/mol. The fourth-order valence-electron chi connectivity index (χ4n) is 1.94. The van der Waals surface area contributed by atoms with Gasteiger partial charge >= 0.3 is 0 Å². The highest BCUT2D eigenvalue weighted by Crippen LogP contribution is 2.34. The zero-order valence-corrected chi connectivity index (χ0v) is 11.8. The second-order valence-corrected chi connectivity index (χ2v) is 6.01. The van der Waals surface area contributed by atoms with E-state index in [9.17, 15) is 4.79 Å². The summed E-state index contributed by atoms with van der Waals surface area (Å²) in [6, 6.07) is 0.176. The van der Waals surface area contributed by atoms with Gasteiger partial charge in [-0.3, -0.25) is 4.79 Å². The second-order valence-electron chi connectivity index (χ2n) is 5.12. The number of hydrogen-bond donors (Lipinski definition) is 2. The second kappa shape index (κ2) is 5.80. The van der Waals surface area contributed by atoms with Crippen LogP contribution in [0, 0.1) is 5.92 Å². The molecule has 0 spiro atoms. The van der Waals surface area contributed by atoms with Gasteiger partial charge in [0.05, 0.1) is 6.04 Å². The number of thiazole rings is 1. The van der Waals surface area contributed by atoms with Crippen molar-refractivity contribution in [3.05, 3.63) is 16.1 Å². The maximum Gasteiger partial charge on any atom is 0.270 e. The number of nitrogens with zero attached hydrogens (tertiary/aromatic N) is 1. The molecule has 1 saturated carbocycles. The molecule has 1 aromatic rings. The standard InChI is InChI=1S/C13H21N3OS/c1-3-10(6-9-4-5-9)15-12(17)11-7-18-13(16-11)8(2)14/h7-10H,3-6,14H2,1-2H3,(H,15,17). The third-order valence-electron chi connectivity index (χ3n) is 3.29. The van der Waals surface area contributed by atoms with Crippen LogP contribution in [0.1, 0.15) is 61.1 Å². The van der Waals surface area contributed by atoms with Crippen molar-refractivity contribution in [2.75, 3.05) is 0 Å². The molecule has 3 N–H and O–H groups in total. The van der Waals surface area contributed by atoms with E-state index in [2.05, 4.69) is 17.2 Å². The number of carbonyl (C=O) groups excluding carboxylic acids is 1. The molecule has 2 unspecified atom stereocenters. The number of aromatic nitrogens is 1. The van der Waals surface area contributed by atoms with Crippen molar-refractivity contribution in [3.63, 3.8) is 0 Å². The third kappa shape index (κ3) is 3.53. The first-order valence-electron chi connectivity index (χ1n) is 6.62. The van der Waals surface area contributed by atoms with Gasteiger partial charge in [0.15, 0.2) is 0 Å². The van der Waals surface area contributed by atoms with Crippen LogP contribution in [-0.4, -0.2) is 16.9 Å². The van der Waals surface area contributed by atoms with Gasteiger partial charge in [-0.25, -0.2) is 4.98 Å². The zero-order chi connectivity index (χ0) is 13.1. The summed E-state index contributed by atoms with van der Waals surface area (Å²) in [6.45, 7) is 3.99. The Hall–Kier alpha value is -0.940. The van der Waals surface area contributed by atoms with Crippen LogP contribution in [0.5, 0.6) is 0 Å². The minimum atomic E-state index is -0.106. The molecule has 0 aromatic carbocycles. The van der Waals surface area contributed by atoms with E-state index in [-0.39, 0.29) is 18.0 Å².